The predicted molar refractivity (Wildman–Crippen MR) is 105 cm³/mol. The van der Waals surface area contributed by atoms with Crippen molar-refractivity contribution in [3.05, 3.63) is 58.9 Å². The molecule has 1 saturated carbocycles. The summed E-state index contributed by atoms with van der Waals surface area (Å²) in [5.41, 5.74) is 1.17. The van der Waals surface area contributed by atoms with Gasteiger partial charge in [0.25, 0.3) is 0 Å². The standard InChI is InChI=1S/C20H21ClFNO3S/c21-18-12-15(14-7-3-1-4-8-14)11-17(20(18)22)19(24)13-23-27(25,26)16-9-5-2-6-10-16/h1,3-4,7-8,11-12,16,23H,2,5-6,9-10,13H2. The van der Waals surface area contributed by atoms with Crippen LogP contribution in [0.2, 0.25) is 5.02 Å². The molecule has 0 saturated heterocycles. The second-order valence-corrected chi connectivity index (χ2v) is 9.19. The molecule has 0 radical (unpaired) electrons. The Balaban J connectivity index is 1.79. The average Bonchev–Trinajstić information content (AvgIpc) is 2.69. The first-order valence-corrected chi connectivity index (χ1v) is 10.9. The summed E-state index contributed by atoms with van der Waals surface area (Å²) in [4.78, 5) is 12.5. The van der Waals surface area contributed by atoms with E-state index in [1.807, 2.05) is 30.3 Å². The van der Waals surface area contributed by atoms with E-state index in [4.69, 9.17) is 11.6 Å². The van der Waals surface area contributed by atoms with E-state index in [0.717, 1.165) is 24.8 Å². The van der Waals surface area contributed by atoms with Gasteiger partial charge in [-0.15, -0.1) is 0 Å². The molecular weight excluding hydrogens is 389 g/mol. The third-order valence-electron chi connectivity index (χ3n) is 4.86. The van der Waals surface area contributed by atoms with E-state index >= 15 is 0 Å². The lowest BCUT2D eigenvalue weighted by atomic mass is 10.0. The highest BCUT2D eigenvalue weighted by atomic mass is 35.5. The lowest BCUT2D eigenvalue weighted by Gasteiger charge is -2.21. The quantitative estimate of drug-likeness (QED) is 0.710. The van der Waals surface area contributed by atoms with Gasteiger partial charge in [-0.05, 0) is 36.1 Å². The van der Waals surface area contributed by atoms with E-state index < -0.39 is 33.4 Å². The van der Waals surface area contributed by atoms with Gasteiger partial charge in [0.05, 0.1) is 22.4 Å². The summed E-state index contributed by atoms with van der Waals surface area (Å²) in [5, 5.41) is -0.655. The molecule has 0 aromatic heterocycles. The number of rotatable bonds is 6. The number of Topliss-reactive ketones (excluding diaryl/α,β-unsaturated/α-hetero) is 1. The molecule has 1 N–H and O–H groups in total. The summed E-state index contributed by atoms with van der Waals surface area (Å²) in [6.45, 7) is -0.482. The van der Waals surface area contributed by atoms with Gasteiger partial charge in [0.1, 0.15) is 0 Å². The summed E-state index contributed by atoms with van der Waals surface area (Å²) in [6.07, 6.45) is 3.94. The third-order valence-corrected chi connectivity index (χ3v) is 7.03. The summed E-state index contributed by atoms with van der Waals surface area (Å²) < 4.78 is 41.5. The molecule has 7 heteroatoms. The van der Waals surface area contributed by atoms with Gasteiger partial charge in [-0.25, -0.2) is 17.5 Å². The van der Waals surface area contributed by atoms with Crippen LogP contribution in [0.4, 0.5) is 4.39 Å². The Morgan fingerprint density at radius 2 is 1.74 bits per heavy atom. The van der Waals surface area contributed by atoms with Gasteiger partial charge in [-0.3, -0.25) is 4.79 Å². The Labute approximate surface area is 163 Å². The molecule has 2 aromatic carbocycles. The minimum atomic E-state index is -3.60. The first kappa shape index (κ1) is 20.0. The molecule has 1 fully saturated rings. The maximum Gasteiger partial charge on any atom is 0.214 e. The van der Waals surface area contributed by atoms with Crippen molar-refractivity contribution in [2.24, 2.45) is 0 Å². The summed E-state index contributed by atoms with van der Waals surface area (Å²) >= 11 is 5.96. The van der Waals surface area contributed by atoms with Crippen molar-refractivity contribution in [1.29, 1.82) is 0 Å². The molecule has 27 heavy (non-hydrogen) atoms. The molecule has 0 unspecified atom stereocenters. The molecule has 4 nitrogen and oxygen atoms in total. The first-order chi connectivity index (χ1) is 12.9. The van der Waals surface area contributed by atoms with Crippen LogP contribution in [-0.2, 0) is 10.0 Å². The largest absolute Gasteiger partial charge is 0.293 e. The Bertz CT molecular complexity index is 926. The van der Waals surface area contributed by atoms with Gasteiger partial charge >= 0.3 is 0 Å². The van der Waals surface area contributed by atoms with E-state index in [1.165, 1.54) is 12.1 Å². The number of benzene rings is 2. The highest BCUT2D eigenvalue weighted by Crippen LogP contribution is 2.28. The minimum absolute atomic E-state index is 0.171. The highest BCUT2D eigenvalue weighted by Gasteiger charge is 2.28. The monoisotopic (exact) mass is 409 g/mol. The van der Waals surface area contributed by atoms with Crippen molar-refractivity contribution in [2.75, 3.05) is 6.54 Å². The number of sulfonamides is 1. The number of hydrogen-bond acceptors (Lipinski definition) is 3. The van der Waals surface area contributed by atoms with Crippen LogP contribution in [0.3, 0.4) is 0 Å². The van der Waals surface area contributed by atoms with Crippen LogP contribution >= 0.6 is 11.6 Å². The maximum absolute atomic E-state index is 14.4. The van der Waals surface area contributed by atoms with Crippen molar-refractivity contribution in [3.63, 3.8) is 0 Å². The fraction of sp³-hybridized carbons (Fsp3) is 0.350. The molecule has 0 aliphatic heterocycles. The van der Waals surface area contributed by atoms with Gasteiger partial charge < -0.3 is 0 Å². The second kappa shape index (κ2) is 8.50. The van der Waals surface area contributed by atoms with E-state index in [1.54, 1.807) is 0 Å². The van der Waals surface area contributed by atoms with Gasteiger partial charge in [-0.2, -0.15) is 0 Å². The predicted octanol–water partition coefficient (Wildman–Crippen LogP) is 4.58. The number of halogens is 2. The van der Waals surface area contributed by atoms with Crippen LogP contribution in [0.15, 0.2) is 42.5 Å². The highest BCUT2D eigenvalue weighted by molar-refractivity contribution is 7.90. The number of hydrogen-bond donors (Lipinski definition) is 1. The molecular formula is C20H21ClFNO3S. The molecule has 0 bridgehead atoms. The van der Waals surface area contributed by atoms with Gasteiger partial charge in [0.2, 0.25) is 10.0 Å². The zero-order valence-corrected chi connectivity index (χ0v) is 16.3. The normalized spacial score (nSPS) is 15.6. The Hall–Kier alpha value is -1.76. The summed E-state index contributed by atoms with van der Waals surface area (Å²) in [5.74, 6) is -1.48. The van der Waals surface area contributed by atoms with Crippen LogP contribution in [0.5, 0.6) is 0 Å². The van der Waals surface area contributed by atoms with E-state index in [-0.39, 0.29) is 10.6 Å². The van der Waals surface area contributed by atoms with Crippen LogP contribution in [-0.4, -0.2) is 26.0 Å². The van der Waals surface area contributed by atoms with Crippen LogP contribution < -0.4 is 4.72 Å². The number of nitrogens with one attached hydrogen (secondary N) is 1. The fourth-order valence-corrected chi connectivity index (χ4v) is 5.09. The smallest absolute Gasteiger partial charge is 0.214 e. The van der Waals surface area contributed by atoms with Crippen molar-refractivity contribution in [1.82, 2.24) is 4.72 Å². The first-order valence-electron chi connectivity index (χ1n) is 8.94. The molecule has 0 spiro atoms. The molecule has 1 aliphatic rings. The summed E-state index contributed by atoms with van der Waals surface area (Å²) in [7, 11) is -3.60. The van der Waals surface area contributed by atoms with Crippen LogP contribution in [0.1, 0.15) is 42.5 Å². The van der Waals surface area contributed by atoms with E-state index in [0.29, 0.717) is 18.4 Å². The Morgan fingerprint density at radius 1 is 1.07 bits per heavy atom. The lowest BCUT2D eigenvalue weighted by Crippen LogP contribution is -2.38. The molecule has 0 amide bonds. The molecule has 3 rings (SSSR count). The van der Waals surface area contributed by atoms with Crippen molar-refractivity contribution >= 4 is 27.4 Å². The van der Waals surface area contributed by atoms with Crippen LogP contribution in [0.25, 0.3) is 11.1 Å². The van der Waals surface area contributed by atoms with Gasteiger partial charge in [0, 0.05) is 0 Å². The zero-order valence-electron chi connectivity index (χ0n) is 14.8. The fourth-order valence-electron chi connectivity index (χ4n) is 3.34. The topological polar surface area (TPSA) is 63.2 Å². The van der Waals surface area contributed by atoms with Gasteiger partial charge in [-0.1, -0.05) is 61.2 Å². The third kappa shape index (κ3) is 4.75. The molecule has 0 heterocycles. The number of carbonyl (C=O) groups is 1. The molecule has 0 atom stereocenters. The molecule has 144 valence electrons. The second-order valence-electron chi connectivity index (χ2n) is 6.73. The minimum Gasteiger partial charge on any atom is -0.293 e. The van der Waals surface area contributed by atoms with Crippen molar-refractivity contribution in [3.8, 4) is 11.1 Å². The summed E-state index contributed by atoms with van der Waals surface area (Å²) in [6, 6.07) is 12.0. The average molecular weight is 410 g/mol. The zero-order chi connectivity index (χ0) is 19.4. The van der Waals surface area contributed by atoms with Crippen LogP contribution in [0, 0.1) is 5.82 Å². The van der Waals surface area contributed by atoms with E-state index in [9.17, 15) is 17.6 Å². The SMILES string of the molecule is O=C(CNS(=O)(=O)C1CCCCC1)c1cc(-c2ccccc2)cc(Cl)c1F. The van der Waals surface area contributed by atoms with Crippen molar-refractivity contribution < 1.29 is 17.6 Å². The van der Waals surface area contributed by atoms with Crippen molar-refractivity contribution in [2.45, 2.75) is 37.4 Å². The van der Waals surface area contributed by atoms with E-state index in [2.05, 4.69) is 4.72 Å². The molecule has 1 aliphatic carbocycles. The molecule has 2 aromatic rings. The Morgan fingerprint density at radius 3 is 2.41 bits per heavy atom. The number of ketones is 1. The lowest BCUT2D eigenvalue weighted by molar-refractivity contribution is 0.0993. The maximum atomic E-state index is 14.4. The van der Waals surface area contributed by atoms with Gasteiger partial charge in [0.15, 0.2) is 11.6 Å². The Kier molecular flexibility index (Phi) is 6.29. The number of carbonyl (C=O) groups excluding carboxylic acids is 1.